The molecule has 2 aromatic rings. The van der Waals surface area contributed by atoms with E-state index in [2.05, 4.69) is 16.0 Å². The van der Waals surface area contributed by atoms with Gasteiger partial charge in [-0.25, -0.2) is 0 Å². The number of ether oxygens (including phenoxy) is 1. The first-order valence-electron chi connectivity index (χ1n) is 18.6. The number of alkyl halides is 3. The lowest BCUT2D eigenvalue weighted by molar-refractivity contribution is -0.265. The first kappa shape index (κ1) is 48.3. The molecule has 0 unspecified atom stereocenters. The zero-order valence-corrected chi connectivity index (χ0v) is 34.3. The van der Waals surface area contributed by atoms with Crippen LogP contribution in [0.5, 0.6) is 0 Å². The Morgan fingerprint density at radius 1 is 0.911 bits per heavy atom. The average Bonchev–Trinajstić information content (AvgIpc) is 3.64. The van der Waals surface area contributed by atoms with Crippen molar-refractivity contribution in [3.63, 3.8) is 0 Å². The van der Waals surface area contributed by atoms with Crippen LogP contribution >= 0.6 is 27.0 Å². The van der Waals surface area contributed by atoms with Gasteiger partial charge in [0.2, 0.25) is 29.2 Å². The molecular weight excluding hydrogens is 770 g/mol. The molecule has 0 aromatic heterocycles. The first-order chi connectivity index (χ1) is 25.6. The van der Waals surface area contributed by atoms with E-state index in [0.29, 0.717) is 38.6 Å². The van der Waals surface area contributed by atoms with Gasteiger partial charge in [-0.1, -0.05) is 87.4 Å². The molecule has 0 saturated carbocycles. The number of rotatable bonds is 15. The second-order valence-corrected chi connectivity index (χ2v) is 14.5. The Bertz CT molecular complexity index is 1670. The van der Waals surface area contributed by atoms with Gasteiger partial charge in [-0.05, 0) is 44.6 Å². The number of nitrogens with zero attached hydrogens (tertiary/aromatic N) is 1. The zero-order chi connectivity index (χ0) is 39.7. The smallest absolute Gasteiger partial charge is 0.358 e. The molecular formula is C40H55F3N4O7S2. The highest BCUT2D eigenvalue weighted by molar-refractivity contribution is 7.59. The highest BCUT2D eigenvalue weighted by Gasteiger charge is 2.62. The largest absolute Gasteiger partial charge is 0.428 e. The Balaban J connectivity index is 0.00000541. The van der Waals surface area contributed by atoms with Crippen molar-refractivity contribution in [3.05, 3.63) is 71.8 Å². The molecule has 2 saturated heterocycles. The number of methoxy groups -OCH3 is 1. The summed E-state index contributed by atoms with van der Waals surface area (Å²) in [4.78, 5) is 82.6. The Kier molecular flexibility index (Phi) is 18.1. The summed E-state index contributed by atoms with van der Waals surface area (Å²) < 4.78 is 47.8. The van der Waals surface area contributed by atoms with Gasteiger partial charge >= 0.3 is 6.18 Å². The third-order valence-electron chi connectivity index (χ3n) is 10.7. The summed E-state index contributed by atoms with van der Waals surface area (Å²) in [7, 11) is 0.819. The van der Waals surface area contributed by atoms with Crippen LogP contribution < -0.4 is 16.0 Å². The highest BCUT2D eigenvalue weighted by atomic mass is 32.1. The number of nitrogens with one attached hydrogen (secondary N) is 3. The van der Waals surface area contributed by atoms with Crippen molar-refractivity contribution in [1.29, 1.82) is 0 Å². The molecule has 0 radical (unpaired) electrons. The summed E-state index contributed by atoms with van der Waals surface area (Å²) in [6, 6.07) is 13.0. The summed E-state index contributed by atoms with van der Waals surface area (Å²) in [6.07, 6.45) is -3.05. The number of hydrogen-bond donors (Lipinski definition) is 3. The quantitative estimate of drug-likeness (QED) is 0.216. The van der Waals surface area contributed by atoms with Gasteiger partial charge in [0.15, 0.2) is 5.78 Å². The number of halogens is 3. The SMILES string of the molecule is CC[C@]1(C)NC(=O)[C@H](CCCCCC(=O)[C@H](C)CC(=O)[C@@](OC)(c2ccccc2)C(F)(F)F)NC(=O)[C@H]2CCCN2C(=O)[C@H](Cc2ccccc2)NC1=O.S.S. The minimum absolute atomic E-state index is 0. The van der Waals surface area contributed by atoms with Crippen LogP contribution in [0.3, 0.4) is 0 Å². The summed E-state index contributed by atoms with van der Waals surface area (Å²) in [5.41, 5.74) is -4.14. The molecule has 3 N–H and O–H groups in total. The third-order valence-corrected chi connectivity index (χ3v) is 10.7. The maximum atomic E-state index is 14.3. The second kappa shape index (κ2) is 21.0. The van der Waals surface area contributed by atoms with Crippen LogP contribution in [-0.4, -0.2) is 83.6 Å². The zero-order valence-electron chi connectivity index (χ0n) is 32.3. The van der Waals surface area contributed by atoms with Crippen molar-refractivity contribution >= 4 is 62.2 Å². The molecule has 0 spiro atoms. The van der Waals surface area contributed by atoms with Crippen LogP contribution in [0.4, 0.5) is 13.2 Å². The van der Waals surface area contributed by atoms with Crippen molar-refractivity contribution in [3.8, 4) is 0 Å². The normalized spacial score (nSPS) is 23.3. The number of benzene rings is 2. The maximum Gasteiger partial charge on any atom is 0.428 e. The van der Waals surface area contributed by atoms with E-state index in [4.69, 9.17) is 4.74 Å². The van der Waals surface area contributed by atoms with Crippen LogP contribution in [0.25, 0.3) is 0 Å². The van der Waals surface area contributed by atoms with Crippen LogP contribution in [0.2, 0.25) is 0 Å². The van der Waals surface area contributed by atoms with Crippen LogP contribution in [-0.2, 0) is 45.5 Å². The number of hydrogen-bond acceptors (Lipinski definition) is 7. The Labute approximate surface area is 340 Å². The second-order valence-electron chi connectivity index (χ2n) is 14.5. The Hall–Kier alpha value is -3.89. The fourth-order valence-electron chi connectivity index (χ4n) is 7.18. The molecule has 6 atom stereocenters. The van der Waals surface area contributed by atoms with E-state index in [9.17, 15) is 41.9 Å². The van der Waals surface area contributed by atoms with Gasteiger partial charge < -0.3 is 25.6 Å². The molecule has 2 aliphatic heterocycles. The van der Waals surface area contributed by atoms with E-state index < -0.39 is 71.3 Å². The van der Waals surface area contributed by atoms with Crippen LogP contribution in [0.1, 0.15) is 89.7 Å². The predicted molar refractivity (Wildman–Crippen MR) is 214 cm³/mol. The molecule has 2 aliphatic rings. The van der Waals surface area contributed by atoms with Crippen molar-refractivity contribution in [1.82, 2.24) is 20.9 Å². The standard InChI is InChI=1S/C40H51F3N4O7.2H2S/c1-5-38(3)37(53)45-30(25-27-16-9-6-10-17-27)36(52)47-23-15-21-31(47)35(51)44-29(34(50)46-38)20-13-8-14-22-32(48)26(2)24-33(49)39(54-4,40(41,42)43)28-18-11-7-12-19-28;;/h6-7,9-12,16-19,26,29-31H,5,8,13-15,20-25H2,1-4H3,(H,44,51)(H,45,53)(H,46,50);2*1H2/t26-,29+,30+,31-,38+,39+;;/m1../s1. The monoisotopic (exact) mass is 824 g/mol. The Morgan fingerprint density at radius 3 is 2.12 bits per heavy atom. The summed E-state index contributed by atoms with van der Waals surface area (Å²) in [5.74, 6) is -4.60. The van der Waals surface area contributed by atoms with Gasteiger partial charge in [-0.2, -0.15) is 40.2 Å². The lowest BCUT2D eigenvalue weighted by Gasteiger charge is -2.36. The average molecular weight is 825 g/mol. The minimum atomic E-state index is -5.06. The van der Waals surface area contributed by atoms with Gasteiger partial charge in [0, 0.05) is 44.4 Å². The number of carbonyl (C=O) groups is 6. The number of fused-ring (bicyclic) bond motifs is 1. The van der Waals surface area contributed by atoms with Crippen molar-refractivity contribution in [2.75, 3.05) is 13.7 Å². The van der Waals surface area contributed by atoms with Gasteiger partial charge in [0.25, 0.3) is 0 Å². The van der Waals surface area contributed by atoms with Gasteiger partial charge in [-0.3, -0.25) is 28.8 Å². The van der Waals surface area contributed by atoms with E-state index in [1.807, 2.05) is 30.3 Å². The summed E-state index contributed by atoms with van der Waals surface area (Å²) in [5, 5.41) is 8.49. The molecule has 4 amide bonds. The number of ketones is 2. The van der Waals surface area contributed by atoms with E-state index in [1.54, 1.807) is 13.8 Å². The van der Waals surface area contributed by atoms with E-state index >= 15 is 0 Å². The van der Waals surface area contributed by atoms with Gasteiger partial charge in [-0.15, -0.1) is 0 Å². The topological polar surface area (TPSA) is 151 Å². The van der Waals surface area contributed by atoms with Crippen molar-refractivity contribution in [2.24, 2.45) is 5.92 Å². The maximum absolute atomic E-state index is 14.3. The molecule has 16 heteroatoms. The first-order valence-corrected chi connectivity index (χ1v) is 18.6. The van der Waals surface area contributed by atoms with Crippen molar-refractivity contribution in [2.45, 2.75) is 120 Å². The lowest BCUT2D eigenvalue weighted by atomic mass is 9.83. The van der Waals surface area contributed by atoms with Crippen molar-refractivity contribution < 1.29 is 46.7 Å². The third kappa shape index (κ3) is 11.2. The number of unbranched alkanes of at least 4 members (excludes halogenated alkanes) is 2. The number of carbonyl (C=O) groups excluding carboxylic acids is 6. The summed E-state index contributed by atoms with van der Waals surface area (Å²) >= 11 is 0. The number of amides is 4. The minimum Gasteiger partial charge on any atom is -0.358 e. The Morgan fingerprint density at radius 2 is 1.54 bits per heavy atom. The molecule has 2 heterocycles. The molecule has 2 fully saturated rings. The molecule has 4 rings (SSSR count). The molecule has 2 aromatic carbocycles. The number of Topliss-reactive ketones (excluding diaryl/α,β-unsaturated/α-hetero) is 2. The highest BCUT2D eigenvalue weighted by Crippen LogP contribution is 2.44. The fourth-order valence-corrected chi connectivity index (χ4v) is 7.18. The van der Waals surface area contributed by atoms with Crippen LogP contribution in [0.15, 0.2) is 60.7 Å². The van der Waals surface area contributed by atoms with Crippen LogP contribution in [0, 0.1) is 5.92 Å². The van der Waals surface area contributed by atoms with Gasteiger partial charge in [0.05, 0.1) is 0 Å². The predicted octanol–water partition coefficient (Wildman–Crippen LogP) is 4.93. The van der Waals surface area contributed by atoms with E-state index in [-0.39, 0.29) is 69.9 Å². The summed E-state index contributed by atoms with van der Waals surface area (Å²) in [6.45, 7) is 5.04. The molecule has 0 bridgehead atoms. The van der Waals surface area contributed by atoms with E-state index in [0.717, 1.165) is 24.8 Å². The molecule has 56 heavy (non-hydrogen) atoms. The fraction of sp³-hybridized carbons (Fsp3) is 0.550. The molecule has 310 valence electrons. The van der Waals surface area contributed by atoms with E-state index in [1.165, 1.54) is 30.0 Å². The van der Waals surface area contributed by atoms with Gasteiger partial charge in [0.1, 0.15) is 29.4 Å². The molecule has 0 aliphatic carbocycles. The lowest BCUT2D eigenvalue weighted by Crippen LogP contribution is -2.65. The molecule has 11 nitrogen and oxygen atoms in total.